The quantitative estimate of drug-likeness (QED) is 0.166. The molecule has 6 aromatic carbocycles. The van der Waals surface area contributed by atoms with Crippen molar-refractivity contribution in [1.82, 2.24) is 19.1 Å². The number of fused-ring (bicyclic) bond motifs is 6. The van der Waals surface area contributed by atoms with Gasteiger partial charge in [0.25, 0.3) is 0 Å². The molecule has 5 heteroatoms. The van der Waals surface area contributed by atoms with Gasteiger partial charge in [-0.05, 0) is 48.5 Å². The Bertz CT molecular complexity index is 2470. The van der Waals surface area contributed by atoms with Crippen molar-refractivity contribution >= 4 is 43.6 Å². The SMILES string of the molecule is [Pt+2].[c-]1ccccc1-c1[c-]cccc1-n1c2ccccc2c2ccccc21.c1ccc(-c2ncccc2-n2c3ccccc3c3ccccc32)nc1. The molecule has 0 spiro atoms. The molecule has 4 nitrogen and oxygen atoms in total. The first kappa shape index (κ1) is 32.1. The Labute approximate surface area is 310 Å². The fraction of sp³-hybridized carbons (Fsp3) is 0. The maximum Gasteiger partial charge on any atom is 2.00 e. The van der Waals surface area contributed by atoms with Crippen molar-refractivity contribution in [3.63, 3.8) is 0 Å². The number of pyridine rings is 2. The summed E-state index contributed by atoms with van der Waals surface area (Å²) in [5.41, 5.74) is 10.8. The van der Waals surface area contributed by atoms with E-state index in [0.29, 0.717) is 0 Å². The van der Waals surface area contributed by atoms with Crippen LogP contribution >= 0.6 is 0 Å². The number of rotatable bonds is 4. The first-order chi connectivity index (χ1) is 24.9. The van der Waals surface area contributed by atoms with Crippen LogP contribution in [0.4, 0.5) is 0 Å². The van der Waals surface area contributed by atoms with Crippen LogP contribution in [0.5, 0.6) is 0 Å². The van der Waals surface area contributed by atoms with E-state index in [2.05, 4.69) is 146 Å². The zero-order chi connectivity index (χ0) is 33.3. The number of aromatic nitrogens is 4. The van der Waals surface area contributed by atoms with Gasteiger partial charge in [-0.15, -0.1) is 18.2 Å². The van der Waals surface area contributed by atoms with Crippen molar-refractivity contribution in [3.05, 3.63) is 194 Å². The standard InChI is InChI=1S/C24H15N.C22H15N3.Pt/c1-2-10-18(11-3-1)19-12-4-7-15-22(19)25-23-16-8-5-13-20(23)21-14-6-9-17-24(21)25;1-3-11-19-16(8-1)17-9-2-4-12-20(17)25(19)21-13-7-15-24-22(21)18-10-5-6-14-23-18;/h1-10,13-17H;1-15H;/q-2;;+2. The molecule has 0 unspecified atom stereocenters. The Balaban J connectivity index is 0.000000144. The van der Waals surface area contributed by atoms with Crippen LogP contribution in [0.25, 0.3) is 77.5 Å². The Morgan fingerprint density at radius 2 is 0.882 bits per heavy atom. The number of hydrogen-bond donors (Lipinski definition) is 0. The van der Waals surface area contributed by atoms with Crippen molar-refractivity contribution in [2.24, 2.45) is 0 Å². The van der Waals surface area contributed by atoms with Crippen LogP contribution in [0.1, 0.15) is 0 Å². The fourth-order valence-corrected chi connectivity index (χ4v) is 7.02. The molecule has 10 rings (SSSR count). The third kappa shape index (κ3) is 5.74. The molecule has 4 heterocycles. The molecule has 51 heavy (non-hydrogen) atoms. The first-order valence-corrected chi connectivity index (χ1v) is 16.7. The fourth-order valence-electron chi connectivity index (χ4n) is 7.02. The number of hydrogen-bond acceptors (Lipinski definition) is 2. The second-order valence-electron chi connectivity index (χ2n) is 12.0. The summed E-state index contributed by atoms with van der Waals surface area (Å²) < 4.78 is 4.61. The summed E-state index contributed by atoms with van der Waals surface area (Å²) >= 11 is 0. The smallest absolute Gasteiger partial charge is 0.360 e. The minimum Gasteiger partial charge on any atom is -0.360 e. The molecular formula is C46H30N4Pt. The molecule has 10 aromatic rings. The molecule has 0 saturated carbocycles. The Morgan fingerprint density at radius 1 is 0.392 bits per heavy atom. The molecule has 0 fully saturated rings. The summed E-state index contributed by atoms with van der Waals surface area (Å²) in [5.74, 6) is 0. The zero-order valence-corrected chi connectivity index (χ0v) is 29.7. The first-order valence-electron chi connectivity index (χ1n) is 16.7. The van der Waals surface area contributed by atoms with Crippen LogP contribution in [0.2, 0.25) is 0 Å². The van der Waals surface area contributed by atoms with Crippen LogP contribution in [-0.2, 0) is 21.1 Å². The summed E-state index contributed by atoms with van der Waals surface area (Å²) in [6, 6.07) is 65.1. The van der Waals surface area contributed by atoms with Gasteiger partial charge < -0.3 is 9.13 Å². The number of para-hydroxylation sites is 4. The molecule has 0 aliphatic rings. The molecule has 0 radical (unpaired) electrons. The maximum absolute atomic E-state index is 4.64. The predicted molar refractivity (Wildman–Crippen MR) is 206 cm³/mol. The van der Waals surface area contributed by atoms with Gasteiger partial charge in [0.05, 0.1) is 22.4 Å². The van der Waals surface area contributed by atoms with Gasteiger partial charge >= 0.3 is 21.1 Å². The van der Waals surface area contributed by atoms with Gasteiger partial charge in [-0.25, -0.2) is 11.1 Å². The van der Waals surface area contributed by atoms with E-state index in [1.807, 2.05) is 60.8 Å². The minimum atomic E-state index is 0. The van der Waals surface area contributed by atoms with E-state index in [4.69, 9.17) is 0 Å². The molecule has 0 aliphatic carbocycles. The van der Waals surface area contributed by atoms with E-state index in [1.54, 1.807) is 6.20 Å². The third-order valence-electron chi connectivity index (χ3n) is 9.15. The second kappa shape index (κ2) is 14.0. The van der Waals surface area contributed by atoms with E-state index in [0.717, 1.165) is 33.9 Å². The molecule has 0 saturated heterocycles. The monoisotopic (exact) mass is 833 g/mol. The summed E-state index contributed by atoms with van der Waals surface area (Å²) in [4.78, 5) is 9.14. The van der Waals surface area contributed by atoms with Gasteiger partial charge in [-0.3, -0.25) is 9.97 Å². The van der Waals surface area contributed by atoms with Gasteiger partial charge in [0, 0.05) is 45.0 Å². The summed E-state index contributed by atoms with van der Waals surface area (Å²) in [7, 11) is 0. The van der Waals surface area contributed by atoms with Gasteiger partial charge in [0.1, 0.15) is 5.69 Å². The molecule has 0 amide bonds. The molecule has 4 aromatic heterocycles. The van der Waals surface area contributed by atoms with Crippen molar-refractivity contribution in [1.29, 1.82) is 0 Å². The molecule has 244 valence electrons. The van der Waals surface area contributed by atoms with Gasteiger partial charge in [0.2, 0.25) is 0 Å². The van der Waals surface area contributed by atoms with Crippen LogP contribution in [-0.4, -0.2) is 19.1 Å². The van der Waals surface area contributed by atoms with E-state index in [9.17, 15) is 0 Å². The summed E-state index contributed by atoms with van der Waals surface area (Å²) in [6.07, 6.45) is 3.63. The average molecular weight is 834 g/mol. The Kier molecular flexibility index (Phi) is 8.84. The van der Waals surface area contributed by atoms with Crippen LogP contribution in [0.15, 0.2) is 182 Å². The molecule has 0 atom stereocenters. The van der Waals surface area contributed by atoms with Crippen molar-refractivity contribution in [2.45, 2.75) is 0 Å². The van der Waals surface area contributed by atoms with Crippen LogP contribution in [0.3, 0.4) is 0 Å². The largest absolute Gasteiger partial charge is 2.00 e. The maximum atomic E-state index is 4.64. The van der Waals surface area contributed by atoms with Gasteiger partial charge in [-0.1, -0.05) is 84.6 Å². The molecular weight excluding hydrogens is 804 g/mol. The predicted octanol–water partition coefficient (Wildman–Crippen LogP) is 11.3. The second-order valence-corrected chi connectivity index (χ2v) is 12.0. The average Bonchev–Trinajstić information content (AvgIpc) is 3.72. The number of nitrogens with zero attached hydrogens (tertiary/aromatic N) is 4. The molecule has 0 N–H and O–H groups in total. The minimum absolute atomic E-state index is 0. The van der Waals surface area contributed by atoms with E-state index < -0.39 is 0 Å². The van der Waals surface area contributed by atoms with Crippen LogP contribution in [0, 0.1) is 12.1 Å². The van der Waals surface area contributed by atoms with Crippen molar-refractivity contribution in [2.75, 3.05) is 0 Å². The van der Waals surface area contributed by atoms with Crippen molar-refractivity contribution < 1.29 is 21.1 Å². The van der Waals surface area contributed by atoms with Crippen molar-refractivity contribution in [3.8, 4) is 33.9 Å². The van der Waals surface area contributed by atoms with Gasteiger partial charge in [-0.2, -0.15) is 36.4 Å². The van der Waals surface area contributed by atoms with E-state index in [-0.39, 0.29) is 21.1 Å². The summed E-state index contributed by atoms with van der Waals surface area (Å²) in [5, 5.41) is 5.03. The summed E-state index contributed by atoms with van der Waals surface area (Å²) in [6.45, 7) is 0. The Hall–Kier alpha value is -6.09. The zero-order valence-electron chi connectivity index (χ0n) is 27.4. The molecule has 0 bridgehead atoms. The van der Waals surface area contributed by atoms with E-state index in [1.165, 1.54) is 43.6 Å². The van der Waals surface area contributed by atoms with E-state index >= 15 is 0 Å². The normalized spacial score (nSPS) is 11.0. The van der Waals surface area contributed by atoms with Crippen LogP contribution < -0.4 is 0 Å². The Morgan fingerprint density at radius 3 is 1.43 bits per heavy atom. The van der Waals surface area contributed by atoms with Gasteiger partial charge in [0.15, 0.2) is 0 Å². The molecule has 0 aliphatic heterocycles. The third-order valence-corrected chi connectivity index (χ3v) is 9.15. The number of benzene rings is 6. The topological polar surface area (TPSA) is 35.6 Å².